The molecule has 0 amide bonds. The monoisotopic (exact) mass is 295 g/mol. The second-order valence-corrected chi connectivity index (χ2v) is 4.83. The molecule has 0 bridgehead atoms. The molecule has 1 unspecified atom stereocenters. The molecule has 1 aromatic heterocycles. The summed E-state index contributed by atoms with van der Waals surface area (Å²) in [5.74, 6) is -0.250. The molecule has 0 saturated carbocycles. The topological polar surface area (TPSA) is 61.0 Å². The molecule has 0 radical (unpaired) electrons. The number of nitrogens with zero attached hydrogens (tertiary/aromatic N) is 2. The van der Waals surface area contributed by atoms with E-state index in [1.165, 1.54) is 12.1 Å². The van der Waals surface area contributed by atoms with Crippen LogP contribution in [-0.2, 0) is 6.42 Å². The van der Waals surface area contributed by atoms with Gasteiger partial charge >= 0.3 is 6.01 Å². The van der Waals surface area contributed by atoms with Crippen LogP contribution < -0.4 is 10.5 Å². The van der Waals surface area contributed by atoms with Gasteiger partial charge in [0.15, 0.2) is 0 Å². The van der Waals surface area contributed by atoms with Gasteiger partial charge in [-0.05, 0) is 30.5 Å². The first-order chi connectivity index (χ1) is 9.58. The Morgan fingerprint density at radius 3 is 2.65 bits per heavy atom. The quantitative estimate of drug-likeness (QED) is 0.919. The van der Waals surface area contributed by atoms with Crippen LogP contribution in [0.5, 0.6) is 11.8 Å². The summed E-state index contributed by atoms with van der Waals surface area (Å²) in [7, 11) is 0. The second kappa shape index (κ2) is 6.63. The predicted octanol–water partition coefficient (Wildman–Crippen LogP) is 3.34. The van der Waals surface area contributed by atoms with Crippen molar-refractivity contribution in [1.29, 1.82) is 0 Å². The van der Waals surface area contributed by atoms with Gasteiger partial charge in [0.05, 0.1) is 5.02 Å². The van der Waals surface area contributed by atoms with E-state index in [1.54, 1.807) is 18.5 Å². The maximum atomic E-state index is 13.3. The average molecular weight is 296 g/mol. The van der Waals surface area contributed by atoms with Crippen molar-refractivity contribution >= 4 is 11.6 Å². The van der Waals surface area contributed by atoms with Gasteiger partial charge in [0, 0.05) is 24.5 Å². The first kappa shape index (κ1) is 14.7. The summed E-state index contributed by atoms with van der Waals surface area (Å²) in [4.78, 5) is 8.14. The van der Waals surface area contributed by atoms with Crippen LogP contribution in [0.2, 0.25) is 5.02 Å². The van der Waals surface area contributed by atoms with E-state index in [9.17, 15) is 4.39 Å². The normalized spacial score (nSPS) is 12.2. The Kier molecular flexibility index (Phi) is 4.87. The lowest BCUT2D eigenvalue weighted by molar-refractivity contribution is 0.436. The molecule has 0 spiro atoms. The number of aromatic nitrogens is 2. The molecule has 4 nitrogen and oxygen atoms in total. The molecule has 0 aliphatic carbocycles. The fraction of sp³-hybridized carbons (Fsp3) is 0.286. The Morgan fingerprint density at radius 2 is 2.05 bits per heavy atom. The Morgan fingerprint density at radius 1 is 1.35 bits per heavy atom. The van der Waals surface area contributed by atoms with Crippen molar-refractivity contribution in [3.63, 3.8) is 0 Å². The largest absolute Gasteiger partial charge is 0.424 e. The molecule has 2 rings (SSSR count). The van der Waals surface area contributed by atoms with Gasteiger partial charge in [-0.25, -0.2) is 14.4 Å². The van der Waals surface area contributed by atoms with E-state index in [2.05, 4.69) is 9.97 Å². The molecule has 0 aliphatic heterocycles. The zero-order chi connectivity index (χ0) is 14.5. The van der Waals surface area contributed by atoms with Crippen LogP contribution in [0.3, 0.4) is 0 Å². The minimum Gasteiger partial charge on any atom is -0.424 e. The number of rotatable bonds is 5. The highest BCUT2D eigenvalue weighted by Crippen LogP contribution is 2.23. The van der Waals surface area contributed by atoms with Crippen LogP contribution in [0.25, 0.3) is 0 Å². The highest BCUT2D eigenvalue weighted by molar-refractivity contribution is 6.30. The summed E-state index contributed by atoms with van der Waals surface area (Å²) in [5.41, 5.74) is 6.80. The number of benzene rings is 1. The lowest BCUT2D eigenvalue weighted by Gasteiger charge is -2.08. The number of hydrogen-bond donors (Lipinski definition) is 1. The van der Waals surface area contributed by atoms with Gasteiger partial charge in [-0.1, -0.05) is 18.5 Å². The molecule has 1 heterocycles. The summed E-state index contributed by atoms with van der Waals surface area (Å²) >= 11 is 5.59. The fourth-order valence-electron chi connectivity index (χ4n) is 1.59. The lowest BCUT2D eigenvalue weighted by Crippen LogP contribution is -2.21. The zero-order valence-corrected chi connectivity index (χ0v) is 11.8. The van der Waals surface area contributed by atoms with Gasteiger partial charge in [-0.2, -0.15) is 0 Å². The maximum Gasteiger partial charge on any atom is 0.321 e. The highest BCUT2D eigenvalue weighted by Gasteiger charge is 2.06. The highest BCUT2D eigenvalue weighted by atomic mass is 35.5. The predicted molar refractivity (Wildman–Crippen MR) is 75.5 cm³/mol. The Bertz CT molecular complexity index is 577. The Hall–Kier alpha value is -1.72. The van der Waals surface area contributed by atoms with Gasteiger partial charge in [0.25, 0.3) is 0 Å². The molecule has 0 aliphatic rings. The average Bonchev–Trinajstić information content (AvgIpc) is 2.45. The number of hydrogen-bond acceptors (Lipinski definition) is 4. The molecule has 0 saturated heterocycles. The van der Waals surface area contributed by atoms with Crippen LogP contribution in [0.15, 0.2) is 30.6 Å². The molecule has 2 aromatic rings. The van der Waals surface area contributed by atoms with Crippen molar-refractivity contribution in [2.24, 2.45) is 5.73 Å². The van der Waals surface area contributed by atoms with Crippen molar-refractivity contribution in [2.45, 2.75) is 25.8 Å². The summed E-state index contributed by atoms with van der Waals surface area (Å²) in [6.45, 7) is 2.03. The first-order valence-corrected chi connectivity index (χ1v) is 6.65. The molecule has 106 valence electrons. The molecule has 2 N–H and O–H groups in total. The second-order valence-electron chi connectivity index (χ2n) is 4.42. The SMILES string of the molecule is CCC(N)Cc1cnc(Oc2ccc(Cl)c(F)c2)nc1. The Labute approximate surface area is 121 Å². The summed E-state index contributed by atoms with van der Waals surface area (Å²) in [6, 6.07) is 4.40. The maximum absolute atomic E-state index is 13.3. The molecular weight excluding hydrogens is 281 g/mol. The smallest absolute Gasteiger partial charge is 0.321 e. The summed E-state index contributed by atoms with van der Waals surface area (Å²) in [5, 5.41) is 0.0437. The minimum atomic E-state index is -0.547. The van der Waals surface area contributed by atoms with E-state index < -0.39 is 5.82 Å². The molecule has 1 atom stereocenters. The van der Waals surface area contributed by atoms with Gasteiger partial charge in [-0.3, -0.25) is 0 Å². The van der Waals surface area contributed by atoms with Crippen molar-refractivity contribution < 1.29 is 9.13 Å². The van der Waals surface area contributed by atoms with Crippen molar-refractivity contribution in [2.75, 3.05) is 0 Å². The third-order valence-electron chi connectivity index (χ3n) is 2.80. The molecule has 0 fully saturated rings. The molecule has 6 heteroatoms. The molecule has 20 heavy (non-hydrogen) atoms. The van der Waals surface area contributed by atoms with Crippen LogP contribution in [0, 0.1) is 5.82 Å². The van der Waals surface area contributed by atoms with Gasteiger partial charge in [0.2, 0.25) is 0 Å². The third-order valence-corrected chi connectivity index (χ3v) is 3.11. The van der Waals surface area contributed by atoms with Gasteiger partial charge in [0.1, 0.15) is 11.6 Å². The van der Waals surface area contributed by atoms with Crippen molar-refractivity contribution in [1.82, 2.24) is 9.97 Å². The molecular formula is C14H15ClFN3O. The molecule has 1 aromatic carbocycles. The van der Waals surface area contributed by atoms with Crippen molar-refractivity contribution in [3.8, 4) is 11.8 Å². The summed E-state index contributed by atoms with van der Waals surface area (Å²) < 4.78 is 18.6. The van der Waals surface area contributed by atoms with E-state index >= 15 is 0 Å². The standard InChI is InChI=1S/C14H15ClFN3O/c1-2-10(17)5-9-7-18-14(19-8-9)20-11-3-4-12(15)13(16)6-11/h3-4,6-8,10H,2,5,17H2,1H3. The number of halogens is 2. The van der Waals surface area contributed by atoms with E-state index in [-0.39, 0.29) is 17.1 Å². The van der Waals surface area contributed by atoms with Crippen LogP contribution >= 0.6 is 11.6 Å². The fourth-order valence-corrected chi connectivity index (χ4v) is 1.71. The third kappa shape index (κ3) is 3.88. The Balaban J connectivity index is 2.04. The van der Waals surface area contributed by atoms with Crippen LogP contribution in [-0.4, -0.2) is 16.0 Å². The zero-order valence-electron chi connectivity index (χ0n) is 11.0. The number of nitrogens with two attached hydrogens (primary N) is 1. The number of ether oxygens (including phenoxy) is 1. The van der Waals surface area contributed by atoms with E-state index in [4.69, 9.17) is 22.1 Å². The summed E-state index contributed by atoms with van der Waals surface area (Å²) in [6.07, 6.45) is 4.92. The minimum absolute atomic E-state index is 0.0437. The van der Waals surface area contributed by atoms with E-state index in [1.807, 2.05) is 6.92 Å². The lowest BCUT2D eigenvalue weighted by atomic mass is 10.1. The van der Waals surface area contributed by atoms with Gasteiger partial charge < -0.3 is 10.5 Å². The first-order valence-electron chi connectivity index (χ1n) is 6.28. The van der Waals surface area contributed by atoms with Crippen molar-refractivity contribution in [3.05, 3.63) is 47.0 Å². The van der Waals surface area contributed by atoms with Gasteiger partial charge in [-0.15, -0.1) is 0 Å². The van der Waals surface area contributed by atoms with Crippen LogP contribution in [0.4, 0.5) is 4.39 Å². The van der Waals surface area contributed by atoms with Crippen LogP contribution in [0.1, 0.15) is 18.9 Å². The van der Waals surface area contributed by atoms with E-state index in [0.29, 0.717) is 12.2 Å². The van der Waals surface area contributed by atoms with E-state index in [0.717, 1.165) is 12.0 Å².